The molecule has 9 nitrogen and oxygen atoms in total. The van der Waals surface area contributed by atoms with E-state index in [2.05, 4.69) is 30.8 Å². The zero-order valence-electron chi connectivity index (χ0n) is 10.3. The molecule has 0 radical (unpaired) electrons. The van der Waals surface area contributed by atoms with E-state index in [1.807, 2.05) is 0 Å². The molecule has 0 aliphatic carbocycles. The van der Waals surface area contributed by atoms with Crippen LogP contribution in [0.25, 0.3) is 5.95 Å². The molecule has 0 saturated carbocycles. The minimum atomic E-state index is 0.174. The van der Waals surface area contributed by atoms with Gasteiger partial charge in [-0.2, -0.15) is 20.1 Å². The quantitative estimate of drug-likeness (QED) is 0.300. The van der Waals surface area contributed by atoms with Crippen LogP contribution in [0.2, 0.25) is 0 Å². The zero-order chi connectivity index (χ0) is 13.5. The summed E-state index contributed by atoms with van der Waals surface area (Å²) in [5, 5.41) is 15.8. The highest BCUT2D eigenvalue weighted by Gasteiger charge is 2.07. The van der Waals surface area contributed by atoms with E-state index in [1.54, 1.807) is 18.5 Å². The molecule has 2 aromatic rings. The maximum absolute atomic E-state index is 8.71. The van der Waals surface area contributed by atoms with Gasteiger partial charge >= 0.3 is 0 Å². The van der Waals surface area contributed by atoms with E-state index in [0.29, 0.717) is 18.4 Å². The summed E-state index contributed by atoms with van der Waals surface area (Å²) < 4.78 is 1.52. The lowest BCUT2D eigenvalue weighted by atomic mass is 10.3. The number of aliphatic hydroxyl groups is 1. The van der Waals surface area contributed by atoms with Crippen LogP contribution < -0.4 is 16.6 Å². The highest BCUT2D eigenvalue weighted by Crippen LogP contribution is 2.07. The first-order valence-electron chi connectivity index (χ1n) is 5.91. The van der Waals surface area contributed by atoms with Crippen molar-refractivity contribution < 1.29 is 5.11 Å². The lowest BCUT2D eigenvalue weighted by Gasteiger charge is -2.08. The first-order valence-corrected chi connectivity index (χ1v) is 5.91. The van der Waals surface area contributed by atoms with Gasteiger partial charge < -0.3 is 10.4 Å². The topological polar surface area (TPSA) is 127 Å². The molecule has 5 N–H and O–H groups in total. The average molecular weight is 264 g/mol. The predicted molar refractivity (Wildman–Crippen MR) is 69.6 cm³/mol. The molecule has 2 rings (SSSR count). The van der Waals surface area contributed by atoms with Crippen molar-refractivity contribution in [3.05, 3.63) is 18.5 Å². The Hall–Kier alpha value is -2.26. The third kappa shape index (κ3) is 3.60. The molecule has 0 fully saturated rings. The van der Waals surface area contributed by atoms with Crippen LogP contribution in [0.15, 0.2) is 18.5 Å². The van der Waals surface area contributed by atoms with Crippen LogP contribution in [0, 0.1) is 0 Å². The van der Waals surface area contributed by atoms with Crippen LogP contribution in [0.4, 0.5) is 11.9 Å². The summed E-state index contributed by atoms with van der Waals surface area (Å²) in [5.74, 6) is 6.36. The number of rotatable bonds is 7. The van der Waals surface area contributed by atoms with E-state index < -0.39 is 0 Å². The van der Waals surface area contributed by atoms with Gasteiger partial charge in [0, 0.05) is 25.5 Å². The van der Waals surface area contributed by atoms with Gasteiger partial charge in [-0.15, -0.1) is 0 Å². The Kier molecular flexibility index (Phi) is 4.59. The summed E-state index contributed by atoms with van der Waals surface area (Å²) in [6.07, 6.45) is 4.91. The Morgan fingerprint density at radius 3 is 2.74 bits per heavy atom. The number of nitrogens with zero attached hydrogens (tertiary/aromatic N) is 5. The van der Waals surface area contributed by atoms with Crippen LogP contribution in [0.1, 0.15) is 12.8 Å². The van der Waals surface area contributed by atoms with Crippen LogP contribution in [0.5, 0.6) is 0 Å². The summed E-state index contributed by atoms with van der Waals surface area (Å²) in [5.41, 5.74) is 2.39. The molecule has 0 saturated heterocycles. The van der Waals surface area contributed by atoms with Crippen molar-refractivity contribution in [1.29, 1.82) is 0 Å². The number of hydrogen-bond acceptors (Lipinski definition) is 8. The van der Waals surface area contributed by atoms with Crippen molar-refractivity contribution in [1.82, 2.24) is 24.7 Å². The number of anilines is 2. The molecule has 0 aliphatic heterocycles. The molecule has 9 heteroatoms. The summed E-state index contributed by atoms with van der Waals surface area (Å²) in [4.78, 5) is 12.4. The average Bonchev–Trinajstić information content (AvgIpc) is 2.97. The number of aliphatic hydroxyl groups excluding tert-OH is 1. The standard InChI is InChI=1S/C10H16N8O/c11-17-9-14-8(12-4-1-2-7-19)15-10(16-9)18-6-3-5-13-18/h3,5-6,19H,1-2,4,7,11H2,(H2,12,14,15,16,17). The Bertz CT molecular complexity index is 500. The molecule has 0 aromatic carbocycles. The van der Waals surface area contributed by atoms with Crippen LogP contribution in [-0.4, -0.2) is 43.0 Å². The fraction of sp³-hybridized carbons (Fsp3) is 0.400. The number of unbranched alkanes of at least 4 members (excludes halogenated alkanes) is 1. The second kappa shape index (κ2) is 6.61. The predicted octanol–water partition coefficient (Wildman–Crippen LogP) is -0.473. The molecule has 0 bridgehead atoms. The molecule has 19 heavy (non-hydrogen) atoms. The summed E-state index contributed by atoms with van der Waals surface area (Å²) in [7, 11) is 0. The highest BCUT2D eigenvalue weighted by atomic mass is 16.2. The van der Waals surface area contributed by atoms with E-state index in [9.17, 15) is 0 Å². The number of nitrogens with two attached hydrogens (primary N) is 1. The SMILES string of the molecule is NNc1nc(NCCCCO)nc(-n2cccn2)n1. The van der Waals surface area contributed by atoms with Gasteiger partial charge in [0.15, 0.2) is 0 Å². The minimum absolute atomic E-state index is 0.174. The first kappa shape index (κ1) is 13.2. The van der Waals surface area contributed by atoms with Crippen molar-refractivity contribution in [3.8, 4) is 5.95 Å². The fourth-order valence-electron chi connectivity index (χ4n) is 1.43. The van der Waals surface area contributed by atoms with Crippen molar-refractivity contribution >= 4 is 11.9 Å². The van der Waals surface area contributed by atoms with Gasteiger partial charge in [-0.25, -0.2) is 10.5 Å². The van der Waals surface area contributed by atoms with Gasteiger partial charge in [-0.3, -0.25) is 5.43 Å². The lowest BCUT2D eigenvalue weighted by molar-refractivity contribution is 0.286. The second-order valence-corrected chi connectivity index (χ2v) is 3.74. The van der Waals surface area contributed by atoms with Crippen molar-refractivity contribution in [3.63, 3.8) is 0 Å². The fourth-order valence-corrected chi connectivity index (χ4v) is 1.43. The molecular weight excluding hydrogens is 248 g/mol. The van der Waals surface area contributed by atoms with Gasteiger partial charge in [0.25, 0.3) is 5.95 Å². The Balaban J connectivity index is 2.12. The zero-order valence-corrected chi connectivity index (χ0v) is 10.3. The highest BCUT2D eigenvalue weighted by molar-refractivity contribution is 5.36. The van der Waals surface area contributed by atoms with Crippen LogP contribution in [-0.2, 0) is 0 Å². The molecule has 2 aromatic heterocycles. The largest absolute Gasteiger partial charge is 0.396 e. The number of nitrogens with one attached hydrogen (secondary N) is 2. The van der Waals surface area contributed by atoms with Crippen molar-refractivity contribution in [2.45, 2.75) is 12.8 Å². The first-order chi connectivity index (χ1) is 9.33. The molecule has 2 heterocycles. The van der Waals surface area contributed by atoms with Crippen molar-refractivity contribution in [2.24, 2.45) is 5.84 Å². The van der Waals surface area contributed by atoms with E-state index >= 15 is 0 Å². The Morgan fingerprint density at radius 1 is 1.21 bits per heavy atom. The number of aromatic nitrogens is 5. The molecule has 0 unspecified atom stereocenters. The number of hydrazine groups is 1. The van der Waals surface area contributed by atoms with Crippen molar-refractivity contribution in [2.75, 3.05) is 23.9 Å². The lowest BCUT2D eigenvalue weighted by Crippen LogP contribution is -2.16. The molecule has 0 aliphatic rings. The van der Waals surface area contributed by atoms with E-state index in [4.69, 9.17) is 10.9 Å². The van der Waals surface area contributed by atoms with E-state index in [1.165, 1.54) is 4.68 Å². The van der Waals surface area contributed by atoms with E-state index in [-0.39, 0.29) is 12.6 Å². The summed E-state index contributed by atoms with van der Waals surface area (Å²) >= 11 is 0. The van der Waals surface area contributed by atoms with Gasteiger partial charge in [0.1, 0.15) is 0 Å². The molecule has 0 atom stereocenters. The van der Waals surface area contributed by atoms with Gasteiger partial charge in [-0.05, 0) is 18.9 Å². The van der Waals surface area contributed by atoms with Gasteiger partial charge in [0.05, 0.1) is 0 Å². The summed E-state index contributed by atoms with van der Waals surface area (Å²) in [6, 6.07) is 1.77. The summed E-state index contributed by atoms with van der Waals surface area (Å²) in [6.45, 7) is 0.833. The third-order valence-electron chi connectivity index (χ3n) is 2.33. The maximum atomic E-state index is 8.71. The molecule has 102 valence electrons. The maximum Gasteiger partial charge on any atom is 0.257 e. The Labute approximate surface area is 109 Å². The molecule has 0 spiro atoms. The van der Waals surface area contributed by atoms with E-state index in [0.717, 1.165) is 12.8 Å². The Morgan fingerprint density at radius 2 is 2.05 bits per heavy atom. The third-order valence-corrected chi connectivity index (χ3v) is 2.33. The normalized spacial score (nSPS) is 10.4. The smallest absolute Gasteiger partial charge is 0.257 e. The van der Waals surface area contributed by atoms with Crippen LogP contribution in [0.3, 0.4) is 0 Å². The monoisotopic (exact) mass is 264 g/mol. The molecular formula is C10H16N8O. The minimum Gasteiger partial charge on any atom is -0.396 e. The number of nitrogen functional groups attached to an aromatic ring is 1. The number of hydrogen-bond donors (Lipinski definition) is 4. The molecule has 0 amide bonds. The van der Waals surface area contributed by atoms with Gasteiger partial charge in [0.2, 0.25) is 11.9 Å². The van der Waals surface area contributed by atoms with Gasteiger partial charge in [-0.1, -0.05) is 0 Å². The van der Waals surface area contributed by atoms with Crippen LogP contribution >= 0.6 is 0 Å². The second-order valence-electron chi connectivity index (χ2n) is 3.74.